The summed E-state index contributed by atoms with van der Waals surface area (Å²) < 4.78 is 6.69. The number of halogens is 1. The summed E-state index contributed by atoms with van der Waals surface area (Å²) in [5.41, 5.74) is 0.989. The summed E-state index contributed by atoms with van der Waals surface area (Å²) in [5.74, 6) is 0.829. The molecule has 1 aliphatic heterocycles. The normalized spacial score (nSPS) is 14.6. The van der Waals surface area contributed by atoms with Crippen LogP contribution < -0.4 is 4.74 Å². The van der Waals surface area contributed by atoms with Gasteiger partial charge in [-0.15, -0.1) is 0 Å². The van der Waals surface area contributed by atoms with Crippen molar-refractivity contribution in [3.63, 3.8) is 0 Å². The zero-order valence-electron chi connectivity index (χ0n) is 10.2. The number of ether oxygens (including phenoxy) is 1. The monoisotopic (exact) mass is 325 g/mol. The Morgan fingerprint density at radius 2 is 2.17 bits per heavy atom. The van der Waals surface area contributed by atoms with E-state index in [0.29, 0.717) is 6.61 Å². The molecule has 1 fully saturated rings. The van der Waals surface area contributed by atoms with Gasteiger partial charge in [0, 0.05) is 17.6 Å². The minimum Gasteiger partial charge on any atom is -0.489 e. The fraction of sp³-hybridized carbons (Fsp3) is 0.357. The molecule has 0 N–H and O–H groups in total. The van der Waals surface area contributed by atoms with Crippen LogP contribution in [0.5, 0.6) is 5.75 Å². The van der Waals surface area contributed by atoms with Crippen LogP contribution in [0.25, 0.3) is 0 Å². The molecule has 1 aromatic rings. The largest absolute Gasteiger partial charge is 0.489 e. The Bertz CT molecular complexity index is 455. The van der Waals surface area contributed by atoms with Crippen LogP contribution in [0.2, 0.25) is 0 Å². The Hall–Kier alpha value is -0.870. The maximum absolute atomic E-state index is 5.67. The highest BCUT2D eigenvalue weighted by Crippen LogP contribution is 2.26. The molecular formula is C14H16BrNOS. The molecule has 1 aromatic carbocycles. The Balaban J connectivity index is 2.25. The predicted octanol–water partition coefficient (Wildman–Crippen LogP) is 3.79. The van der Waals surface area contributed by atoms with Gasteiger partial charge in [-0.25, -0.2) is 0 Å². The van der Waals surface area contributed by atoms with Crippen LogP contribution in [0.4, 0.5) is 0 Å². The molecule has 0 amide bonds. The van der Waals surface area contributed by atoms with Crippen molar-refractivity contribution < 1.29 is 4.74 Å². The van der Waals surface area contributed by atoms with Crippen LogP contribution in [0, 0.1) is 0 Å². The Labute approximate surface area is 122 Å². The van der Waals surface area contributed by atoms with Gasteiger partial charge in [-0.1, -0.05) is 40.8 Å². The molecule has 0 atom stereocenters. The SMILES string of the molecule is C=CCOc1ccc(Br)cc1C(=S)N1CCCC1. The fourth-order valence-electron chi connectivity index (χ4n) is 2.03. The van der Waals surface area contributed by atoms with Gasteiger partial charge in [-0.05, 0) is 31.0 Å². The second kappa shape index (κ2) is 6.34. The molecule has 1 saturated heterocycles. The third-order valence-electron chi connectivity index (χ3n) is 2.92. The molecule has 0 bridgehead atoms. The standard InChI is InChI=1S/C14H16BrNOS/c1-2-9-17-13-6-5-11(15)10-12(13)14(18)16-7-3-4-8-16/h2,5-6,10H,1,3-4,7-9H2. The first-order chi connectivity index (χ1) is 8.72. The number of thiocarbonyl (C=S) groups is 1. The van der Waals surface area contributed by atoms with Crippen molar-refractivity contribution in [2.24, 2.45) is 0 Å². The predicted molar refractivity (Wildman–Crippen MR) is 82.3 cm³/mol. The van der Waals surface area contributed by atoms with Crippen LogP contribution >= 0.6 is 28.1 Å². The lowest BCUT2D eigenvalue weighted by Crippen LogP contribution is -2.27. The number of benzene rings is 1. The lowest BCUT2D eigenvalue weighted by Gasteiger charge is -2.21. The quantitative estimate of drug-likeness (QED) is 0.617. The van der Waals surface area contributed by atoms with E-state index in [1.54, 1.807) is 6.08 Å². The first-order valence-corrected chi connectivity index (χ1v) is 7.25. The first kappa shape index (κ1) is 13.6. The summed E-state index contributed by atoms with van der Waals surface area (Å²) in [6, 6.07) is 5.94. The molecule has 2 rings (SSSR count). The second-order valence-corrected chi connectivity index (χ2v) is 5.54. The van der Waals surface area contributed by atoms with E-state index in [1.165, 1.54) is 12.8 Å². The molecule has 96 valence electrons. The highest BCUT2D eigenvalue weighted by molar-refractivity contribution is 9.10. The van der Waals surface area contributed by atoms with Gasteiger partial charge in [0.05, 0.1) is 5.56 Å². The van der Waals surface area contributed by atoms with Gasteiger partial charge in [-0.2, -0.15) is 0 Å². The average molecular weight is 326 g/mol. The third kappa shape index (κ3) is 3.12. The van der Waals surface area contributed by atoms with Gasteiger partial charge in [0.25, 0.3) is 0 Å². The van der Waals surface area contributed by atoms with E-state index in [0.717, 1.165) is 33.9 Å². The van der Waals surface area contributed by atoms with Gasteiger partial charge < -0.3 is 9.64 Å². The molecule has 18 heavy (non-hydrogen) atoms. The number of likely N-dealkylation sites (tertiary alicyclic amines) is 1. The zero-order chi connectivity index (χ0) is 13.0. The van der Waals surface area contributed by atoms with E-state index in [-0.39, 0.29) is 0 Å². The number of hydrogen-bond acceptors (Lipinski definition) is 2. The zero-order valence-corrected chi connectivity index (χ0v) is 12.6. The van der Waals surface area contributed by atoms with E-state index in [2.05, 4.69) is 27.4 Å². The van der Waals surface area contributed by atoms with Crippen molar-refractivity contribution in [1.29, 1.82) is 0 Å². The van der Waals surface area contributed by atoms with Crippen molar-refractivity contribution in [2.45, 2.75) is 12.8 Å². The van der Waals surface area contributed by atoms with Gasteiger partial charge in [-0.3, -0.25) is 0 Å². The molecule has 1 heterocycles. The average Bonchev–Trinajstić information content (AvgIpc) is 2.90. The van der Waals surface area contributed by atoms with Crippen molar-refractivity contribution in [3.8, 4) is 5.75 Å². The molecule has 1 aliphatic rings. The molecular weight excluding hydrogens is 310 g/mol. The molecule has 2 nitrogen and oxygen atoms in total. The summed E-state index contributed by atoms with van der Waals surface area (Å²) in [4.78, 5) is 3.13. The van der Waals surface area contributed by atoms with Crippen LogP contribution in [0.3, 0.4) is 0 Å². The molecule has 0 spiro atoms. The summed E-state index contributed by atoms with van der Waals surface area (Å²) in [6.45, 7) is 6.26. The van der Waals surface area contributed by atoms with E-state index < -0.39 is 0 Å². The summed E-state index contributed by atoms with van der Waals surface area (Å²) in [7, 11) is 0. The second-order valence-electron chi connectivity index (χ2n) is 4.24. The van der Waals surface area contributed by atoms with Crippen LogP contribution in [0.15, 0.2) is 35.3 Å². The Kier molecular flexibility index (Phi) is 4.78. The molecule has 0 aliphatic carbocycles. The topological polar surface area (TPSA) is 12.5 Å². The van der Waals surface area contributed by atoms with Gasteiger partial charge >= 0.3 is 0 Å². The lowest BCUT2D eigenvalue weighted by atomic mass is 10.2. The summed E-state index contributed by atoms with van der Waals surface area (Å²) in [5, 5.41) is 0. The minimum absolute atomic E-state index is 0.497. The van der Waals surface area contributed by atoms with Crippen LogP contribution in [-0.4, -0.2) is 29.6 Å². The molecule has 0 radical (unpaired) electrons. The maximum atomic E-state index is 5.67. The van der Waals surface area contributed by atoms with Gasteiger partial charge in [0.15, 0.2) is 0 Å². The van der Waals surface area contributed by atoms with Crippen molar-refractivity contribution >= 4 is 33.1 Å². The smallest absolute Gasteiger partial charge is 0.130 e. The molecule has 0 saturated carbocycles. The van der Waals surface area contributed by atoms with Crippen LogP contribution in [-0.2, 0) is 0 Å². The van der Waals surface area contributed by atoms with Crippen molar-refractivity contribution in [1.82, 2.24) is 4.90 Å². The highest BCUT2D eigenvalue weighted by atomic mass is 79.9. The fourth-order valence-corrected chi connectivity index (χ4v) is 2.74. The number of rotatable bonds is 4. The summed E-state index contributed by atoms with van der Waals surface area (Å²) in [6.07, 6.45) is 4.18. The van der Waals surface area contributed by atoms with E-state index in [1.807, 2.05) is 18.2 Å². The molecule has 0 unspecified atom stereocenters. The van der Waals surface area contributed by atoms with E-state index in [9.17, 15) is 0 Å². The lowest BCUT2D eigenvalue weighted by molar-refractivity contribution is 0.361. The molecule has 0 aromatic heterocycles. The third-order valence-corrected chi connectivity index (χ3v) is 3.89. The molecule has 4 heteroatoms. The van der Waals surface area contributed by atoms with E-state index >= 15 is 0 Å². The minimum atomic E-state index is 0.497. The van der Waals surface area contributed by atoms with Crippen molar-refractivity contribution in [3.05, 3.63) is 40.9 Å². The summed E-state index contributed by atoms with van der Waals surface area (Å²) >= 11 is 9.06. The Morgan fingerprint density at radius 3 is 2.83 bits per heavy atom. The Morgan fingerprint density at radius 1 is 1.44 bits per heavy atom. The van der Waals surface area contributed by atoms with Crippen molar-refractivity contribution in [2.75, 3.05) is 19.7 Å². The number of nitrogens with zero attached hydrogens (tertiary/aromatic N) is 1. The van der Waals surface area contributed by atoms with Gasteiger partial charge in [0.1, 0.15) is 17.3 Å². The maximum Gasteiger partial charge on any atom is 0.130 e. The number of hydrogen-bond donors (Lipinski definition) is 0. The first-order valence-electron chi connectivity index (χ1n) is 6.05. The van der Waals surface area contributed by atoms with E-state index in [4.69, 9.17) is 17.0 Å². The van der Waals surface area contributed by atoms with Crippen LogP contribution in [0.1, 0.15) is 18.4 Å². The van der Waals surface area contributed by atoms with Gasteiger partial charge in [0.2, 0.25) is 0 Å². The highest BCUT2D eigenvalue weighted by Gasteiger charge is 2.19.